The van der Waals surface area contributed by atoms with Gasteiger partial charge in [0.25, 0.3) is 0 Å². The highest BCUT2D eigenvalue weighted by Gasteiger charge is 2.41. The molecule has 0 spiro atoms. The summed E-state index contributed by atoms with van der Waals surface area (Å²) in [5.74, 6) is 1.49. The minimum absolute atomic E-state index is 0.100. The molecule has 1 atom stereocenters. The Morgan fingerprint density at radius 3 is 2.81 bits per heavy atom. The zero-order valence-electron chi connectivity index (χ0n) is 17.8. The van der Waals surface area contributed by atoms with Crippen LogP contribution in [0.3, 0.4) is 0 Å². The predicted molar refractivity (Wildman–Crippen MR) is 126 cm³/mol. The third-order valence-corrected chi connectivity index (χ3v) is 7.07. The van der Waals surface area contributed by atoms with Crippen molar-refractivity contribution in [1.82, 2.24) is 14.8 Å². The van der Waals surface area contributed by atoms with Crippen LogP contribution in [0.4, 0.5) is 5.95 Å². The van der Waals surface area contributed by atoms with Gasteiger partial charge in [-0.1, -0.05) is 67.5 Å². The summed E-state index contributed by atoms with van der Waals surface area (Å²) in [4.78, 5) is 17.9. The molecule has 8 heteroatoms. The smallest absolute Gasteiger partial charge is 0.227 e. The highest BCUT2D eigenvalue weighted by Crippen LogP contribution is 2.46. The number of benzene rings is 2. The Balaban J connectivity index is 1.54. The summed E-state index contributed by atoms with van der Waals surface area (Å²) in [5.41, 5.74) is 3.28. The topological polar surface area (TPSA) is 80.0 Å². The average molecular weight is 467 g/mol. The Kier molecular flexibility index (Phi) is 5.26. The molecule has 1 aliphatic carbocycles. The number of allylic oxidation sites excluding steroid dienone is 2. The molecule has 0 saturated carbocycles. The van der Waals surface area contributed by atoms with Crippen LogP contribution >= 0.6 is 23.4 Å². The second-order valence-electron chi connectivity index (χ2n) is 9.00. The summed E-state index contributed by atoms with van der Waals surface area (Å²) in [5, 5.41) is 19.5. The van der Waals surface area contributed by atoms with Gasteiger partial charge in [-0.2, -0.15) is 4.98 Å². The lowest BCUT2D eigenvalue weighted by atomic mass is 9.73. The zero-order valence-corrected chi connectivity index (χ0v) is 19.4. The molecular weight excluding hydrogens is 444 g/mol. The van der Waals surface area contributed by atoms with Gasteiger partial charge in [0.1, 0.15) is 11.8 Å². The van der Waals surface area contributed by atoms with Crippen LogP contribution in [0.15, 0.2) is 65.0 Å². The number of halogens is 1. The van der Waals surface area contributed by atoms with Crippen molar-refractivity contribution < 1.29 is 9.90 Å². The minimum atomic E-state index is -0.431. The van der Waals surface area contributed by atoms with Gasteiger partial charge in [0.15, 0.2) is 5.78 Å². The third-order valence-electron chi connectivity index (χ3n) is 5.81. The maximum Gasteiger partial charge on any atom is 0.227 e. The van der Waals surface area contributed by atoms with E-state index in [4.69, 9.17) is 21.7 Å². The van der Waals surface area contributed by atoms with E-state index in [-0.39, 0.29) is 16.9 Å². The van der Waals surface area contributed by atoms with Gasteiger partial charge in [0.2, 0.25) is 11.1 Å². The van der Waals surface area contributed by atoms with Gasteiger partial charge in [-0.3, -0.25) is 4.79 Å². The van der Waals surface area contributed by atoms with Crippen LogP contribution in [-0.2, 0) is 10.5 Å². The third kappa shape index (κ3) is 3.91. The van der Waals surface area contributed by atoms with Gasteiger partial charge in [-0.25, -0.2) is 4.68 Å². The molecule has 0 fully saturated rings. The Bertz CT molecular complexity index is 1250. The van der Waals surface area contributed by atoms with Gasteiger partial charge >= 0.3 is 0 Å². The first kappa shape index (κ1) is 21.1. The number of phenols is 1. The summed E-state index contributed by atoms with van der Waals surface area (Å²) in [7, 11) is 0. The van der Waals surface area contributed by atoms with E-state index in [9.17, 15) is 9.90 Å². The Morgan fingerprint density at radius 2 is 2.03 bits per heavy atom. The molecule has 3 aromatic rings. The van der Waals surface area contributed by atoms with E-state index in [1.54, 1.807) is 22.9 Å². The summed E-state index contributed by atoms with van der Waals surface area (Å²) < 4.78 is 1.76. The van der Waals surface area contributed by atoms with Crippen molar-refractivity contribution in [3.05, 3.63) is 76.0 Å². The van der Waals surface area contributed by atoms with Crippen LogP contribution in [0.1, 0.15) is 43.9 Å². The van der Waals surface area contributed by atoms with Crippen LogP contribution < -0.4 is 5.32 Å². The number of fused-ring (bicyclic) bond motifs is 1. The SMILES string of the molecule is CC1(C)CC(=O)C2=C(C1)Nc1nc(SCc3ccccc3Cl)nn1[C@@H]2c1cccc(O)c1. The molecule has 0 amide bonds. The molecule has 0 radical (unpaired) electrons. The Hall–Kier alpha value is -2.77. The number of anilines is 1. The van der Waals surface area contributed by atoms with Crippen molar-refractivity contribution in [3.8, 4) is 5.75 Å². The Morgan fingerprint density at radius 1 is 1.22 bits per heavy atom. The first-order valence-electron chi connectivity index (χ1n) is 10.5. The summed E-state index contributed by atoms with van der Waals surface area (Å²) in [6.45, 7) is 4.20. The number of nitrogens with one attached hydrogen (secondary N) is 1. The maximum absolute atomic E-state index is 13.2. The van der Waals surface area contributed by atoms with Crippen molar-refractivity contribution in [3.63, 3.8) is 0 Å². The average Bonchev–Trinajstić information content (AvgIpc) is 3.13. The molecule has 1 aliphatic heterocycles. The van der Waals surface area contributed by atoms with E-state index in [2.05, 4.69) is 19.2 Å². The van der Waals surface area contributed by atoms with Gasteiger partial charge < -0.3 is 10.4 Å². The number of aromatic nitrogens is 3. The van der Waals surface area contributed by atoms with Crippen LogP contribution in [0.5, 0.6) is 5.75 Å². The second-order valence-corrected chi connectivity index (χ2v) is 10.3. The van der Waals surface area contributed by atoms with Gasteiger partial charge in [0, 0.05) is 28.5 Å². The molecule has 164 valence electrons. The number of hydrogen-bond donors (Lipinski definition) is 2. The molecule has 0 bridgehead atoms. The van der Waals surface area contributed by atoms with Crippen LogP contribution in [0.2, 0.25) is 5.02 Å². The number of thioether (sulfide) groups is 1. The van der Waals surface area contributed by atoms with E-state index in [1.165, 1.54) is 11.8 Å². The minimum Gasteiger partial charge on any atom is -0.508 e. The lowest BCUT2D eigenvalue weighted by Crippen LogP contribution is -2.36. The van der Waals surface area contributed by atoms with Crippen molar-refractivity contribution in [2.24, 2.45) is 5.41 Å². The van der Waals surface area contributed by atoms with Crippen molar-refractivity contribution >= 4 is 35.1 Å². The molecule has 6 nitrogen and oxygen atoms in total. The normalized spacial score (nSPS) is 19.3. The number of nitrogens with zero attached hydrogens (tertiary/aromatic N) is 3. The number of rotatable bonds is 4. The van der Waals surface area contributed by atoms with Gasteiger partial charge in [-0.05, 0) is 41.2 Å². The van der Waals surface area contributed by atoms with E-state index in [0.29, 0.717) is 33.9 Å². The van der Waals surface area contributed by atoms with Crippen molar-refractivity contribution in [1.29, 1.82) is 0 Å². The number of Topliss-reactive ketones (excluding diaryl/α,β-unsaturated/α-hetero) is 1. The lowest BCUT2D eigenvalue weighted by molar-refractivity contribution is -0.118. The fraction of sp³-hybridized carbons (Fsp3) is 0.292. The highest BCUT2D eigenvalue weighted by atomic mass is 35.5. The zero-order chi connectivity index (χ0) is 22.5. The number of carbonyl (C=O) groups is 1. The molecule has 1 aromatic heterocycles. The molecular formula is C24H23ClN4O2S. The van der Waals surface area contributed by atoms with E-state index < -0.39 is 6.04 Å². The van der Waals surface area contributed by atoms with Gasteiger partial charge in [0.05, 0.1) is 0 Å². The lowest BCUT2D eigenvalue weighted by Gasteiger charge is -2.38. The molecule has 0 unspecified atom stereocenters. The van der Waals surface area contributed by atoms with Crippen LogP contribution in [0, 0.1) is 5.41 Å². The van der Waals surface area contributed by atoms with Gasteiger partial charge in [-0.15, -0.1) is 5.10 Å². The molecule has 2 N–H and O–H groups in total. The molecule has 2 aromatic carbocycles. The Labute approximate surface area is 195 Å². The van der Waals surface area contributed by atoms with E-state index in [0.717, 1.165) is 23.2 Å². The monoisotopic (exact) mass is 466 g/mol. The second kappa shape index (κ2) is 7.98. The van der Waals surface area contributed by atoms with E-state index in [1.807, 2.05) is 30.3 Å². The number of aromatic hydroxyl groups is 1. The predicted octanol–water partition coefficient (Wildman–Crippen LogP) is 5.59. The quantitative estimate of drug-likeness (QED) is 0.488. The molecule has 0 saturated heterocycles. The maximum atomic E-state index is 13.2. The number of ketones is 1. The number of carbonyl (C=O) groups excluding carboxylic acids is 1. The van der Waals surface area contributed by atoms with Crippen LogP contribution in [0.25, 0.3) is 0 Å². The first-order valence-corrected chi connectivity index (χ1v) is 11.8. The van der Waals surface area contributed by atoms with E-state index >= 15 is 0 Å². The fourth-order valence-corrected chi connectivity index (χ4v) is 5.53. The summed E-state index contributed by atoms with van der Waals surface area (Å²) in [6, 6.07) is 14.3. The van der Waals surface area contributed by atoms with Crippen LogP contribution in [-0.4, -0.2) is 25.7 Å². The molecule has 5 rings (SSSR count). The fourth-order valence-electron chi connectivity index (χ4n) is 4.41. The summed E-state index contributed by atoms with van der Waals surface area (Å²) in [6.07, 6.45) is 1.22. The molecule has 2 heterocycles. The van der Waals surface area contributed by atoms with Crippen molar-refractivity contribution in [2.45, 2.75) is 43.6 Å². The standard InChI is InChI=1S/C24H23ClN4O2S/c1-24(2)11-18-20(19(31)12-24)21(14-7-5-8-16(30)10-14)29-22(26-18)27-23(28-29)32-13-15-6-3-4-9-17(15)25/h3-10,21,30H,11-13H2,1-2H3,(H,26,27,28)/t21-/m1/s1. The summed E-state index contributed by atoms with van der Waals surface area (Å²) >= 11 is 7.79. The van der Waals surface area contributed by atoms with Crippen molar-refractivity contribution in [2.75, 3.05) is 5.32 Å². The highest BCUT2D eigenvalue weighted by molar-refractivity contribution is 7.98. The largest absolute Gasteiger partial charge is 0.508 e. The first-order chi connectivity index (χ1) is 15.3. The molecule has 32 heavy (non-hydrogen) atoms. The number of phenolic OH excluding ortho intramolecular Hbond substituents is 1. The molecule has 2 aliphatic rings. The number of hydrogen-bond acceptors (Lipinski definition) is 6.